The third-order valence-electron chi connectivity index (χ3n) is 4.80. The molecule has 4 heteroatoms. The van der Waals surface area contributed by atoms with E-state index in [1.54, 1.807) is 11.3 Å². The molecule has 0 aliphatic rings. The third-order valence-corrected chi connectivity index (χ3v) is 5.84. The van der Waals surface area contributed by atoms with E-state index in [9.17, 15) is 4.79 Å². The molecule has 140 valence electrons. The summed E-state index contributed by atoms with van der Waals surface area (Å²) in [4.78, 5) is 19.9. The van der Waals surface area contributed by atoms with Crippen molar-refractivity contribution >= 4 is 32.6 Å². The summed E-state index contributed by atoms with van der Waals surface area (Å²) in [6.07, 6.45) is 0.363. The van der Waals surface area contributed by atoms with Gasteiger partial charge in [-0.05, 0) is 36.6 Å². The first kappa shape index (κ1) is 18.4. The fourth-order valence-corrected chi connectivity index (χ4v) is 4.25. The Morgan fingerprint density at radius 2 is 1.64 bits per heavy atom. The molecule has 0 fully saturated rings. The number of carbonyl (C=O) groups excluding carboxylic acids is 1. The molecule has 0 radical (unpaired) electrons. The number of aryl methyl sites for hydroxylation is 2. The third kappa shape index (κ3) is 3.97. The number of hydrogen-bond donors (Lipinski definition) is 0. The number of hydrogen-bond acceptors (Lipinski definition) is 3. The lowest BCUT2D eigenvalue weighted by Crippen LogP contribution is -2.31. The first-order valence-corrected chi connectivity index (χ1v) is 10.2. The number of amides is 1. The Hall–Kier alpha value is -2.98. The number of anilines is 1. The van der Waals surface area contributed by atoms with E-state index in [1.165, 1.54) is 5.56 Å². The molecule has 0 saturated heterocycles. The summed E-state index contributed by atoms with van der Waals surface area (Å²) in [6, 6.07) is 24.4. The molecular formula is C24H22N2OS. The molecule has 0 saturated carbocycles. The van der Waals surface area contributed by atoms with E-state index in [0.29, 0.717) is 13.0 Å². The van der Waals surface area contributed by atoms with Gasteiger partial charge in [0, 0.05) is 0 Å². The minimum atomic E-state index is 0.0596. The maximum absolute atomic E-state index is 13.3. The second-order valence-electron chi connectivity index (χ2n) is 7.05. The van der Waals surface area contributed by atoms with Crippen molar-refractivity contribution in [2.45, 2.75) is 26.8 Å². The SMILES string of the molecule is Cc1ccc(CC(=O)N(Cc2ccccc2)c2nc3c(C)cccc3s2)cc1. The monoisotopic (exact) mass is 386 g/mol. The molecule has 3 aromatic carbocycles. The highest BCUT2D eigenvalue weighted by atomic mass is 32.1. The van der Waals surface area contributed by atoms with Crippen LogP contribution in [0.25, 0.3) is 10.2 Å². The topological polar surface area (TPSA) is 33.2 Å². The van der Waals surface area contributed by atoms with Crippen molar-refractivity contribution in [3.8, 4) is 0 Å². The Morgan fingerprint density at radius 3 is 2.36 bits per heavy atom. The average Bonchev–Trinajstić information content (AvgIpc) is 3.14. The minimum absolute atomic E-state index is 0.0596. The van der Waals surface area contributed by atoms with Crippen molar-refractivity contribution in [3.05, 3.63) is 95.1 Å². The maximum atomic E-state index is 13.3. The summed E-state index contributed by atoms with van der Waals surface area (Å²) in [6.45, 7) is 4.63. The molecule has 1 aromatic heterocycles. The van der Waals surface area contributed by atoms with Gasteiger partial charge < -0.3 is 0 Å². The zero-order chi connectivity index (χ0) is 19.5. The number of carbonyl (C=O) groups is 1. The summed E-state index contributed by atoms with van der Waals surface area (Å²) < 4.78 is 1.11. The van der Waals surface area contributed by atoms with Gasteiger partial charge in [0.1, 0.15) is 0 Å². The maximum Gasteiger partial charge on any atom is 0.233 e. The zero-order valence-electron chi connectivity index (χ0n) is 16.1. The number of thiazole rings is 1. The molecular weight excluding hydrogens is 364 g/mol. The van der Waals surface area contributed by atoms with Gasteiger partial charge in [0.2, 0.25) is 5.91 Å². The Balaban J connectivity index is 1.69. The Labute approximate surface area is 169 Å². The van der Waals surface area contributed by atoms with Gasteiger partial charge in [-0.25, -0.2) is 4.98 Å². The van der Waals surface area contributed by atoms with Gasteiger partial charge in [0.15, 0.2) is 5.13 Å². The summed E-state index contributed by atoms with van der Waals surface area (Å²) in [5, 5.41) is 0.755. The molecule has 3 nitrogen and oxygen atoms in total. The fourth-order valence-electron chi connectivity index (χ4n) is 3.19. The standard InChI is InChI=1S/C24H22N2OS/c1-17-11-13-19(14-12-17)15-22(27)26(16-20-8-4-3-5-9-20)24-25-23-18(2)7-6-10-21(23)28-24/h3-14H,15-16H2,1-2H3. The summed E-state index contributed by atoms with van der Waals surface area (Å²) in [5.74, 6) is 0.0596. The largest absolute Gasteiger partial charge is 0.283 e. The van der Waals surface area contributed by atoms with Crippen molar-refractivity contribution in [2.75, 3.05) is 4.90 Å². The van der Waals surface area contributed by atoms with E-state index in [0.717, 1.165) is 32.0 Å². The molecule has 0 bridgehead atoms. The van der Waals surface area contributed by atoms with Crippen molar-refractivity contribution in [2.24, 2.45) is 0 Å². The Kier molecular flexibility index (Phi) is 5.22. The van der Waals surface area contributed by atoms with E-state index in [-0.39, 0.29) is 5.91 Å². The van der Waals surface area contributed by atoms with E-state index in [2.05, 4.69) is 26.0 Å². The summed E-state index contributed by atoms with van der Waals surface area (Å²) in [7, 11) is 0. The van der Waals surface area contributed by atoms with Crippen LogP contribution in [0.15, 0.2) is 72.8 Å². The summed E-state index contributed by atoms with van der Waals surface area (Å²) >= 11 is 1.57. The highest BCUT2D eigenvalue weighted by molar-refractivity contribution is 7.22. The molecule has 4 rings (SSSR count). The highest BCUT2D eigenvalue weighted by Gasteiger charge is 2.21. The van der Waals surface area contributed by atoms with E-state index >= 15 is 0 Å². The van der Waals surface area contributed by atoms with Crippen LogP contribution in [0.5, 0.6) is 0 Å². The van der Waals surface area contributed by atoms with E-state index in [4.69, 9.17) is 4.98 Å². The van der Waals surface area contributed by atoms with Crippen molar-refractivity contribution in [1.29, 1.82) is 0 Å². The van der Waals surface area contributed by atoms with Crippen LogP contribution in [-0.2, 0) is 17.8 Å². The smallest absolute Gasteiger partial charge is 0.233 e. The van der Waals surface area contributed by atoms with Gasteiger partial charge >= 0.3 is 0 Å². The molecule has 0 N–H and O–H groups in total. The lowest BCUT2D eigenvalue weighted by atomic mass is 10.1. The van der Waals surface area contributed by atoms with Crippen molar-refractivity contribution in [1.82, 2.24) is 4.98 Å². The van der Waals surface area contributed by atoms with Crippen LogP contribution < -0.4 is 4.90 Å². The van der Waals surface area contributed by atoms with Crippen LogP contribution in [0.4, 0.5) is 5.13 Å². The van der Waals surface area contributed by atoms with Gasteiger partial charge in [-0.15, -0.1) is 0 Å². The summed E-state index contributed by atoms with van der Waals surface area (Å²) in [5.41, 5.74) is 5.41. The van der Waals surface area contributed by atoms with Crippen LogP contribution in [-0.4, -0.2) is 10.9 Å². The molecule has 0 aliphatic carbocycles. The van der Waals surface area contributed by atoms with Gasteiger partial charge in [-0.2, -0.15) is 0 Å². The number of benzene rings is 3. The van der Waals surface area contributed by atoms with Crippen LogP contribution in [0, 0.1) is 13.8 Å². The lowest BCUT2D eigenvalue weighted by molar-refractivity contribution is -0.118. The van der Waals surface area contributed by atoms with Crippen LogP contribution in [0.2, 0.25) is 0 Å². The fraction of sp³-hybridized carbons (Fsp3) is 0.167. The number of fused-ring (bicyclic) bond motifs is 1. The quantitative estimate of drug-likeness (QED) is 0.441. The van der Waals surface area contributed by atoms with E-state index in [1.807, 2.05) is 65.6 Å². The average molecular weight is 387 g/mol. The number of rotatable bonds is 5. The molecule has 0 spiro atoms. The van der Waals surface area contributed by atoms with Crippen LogP contribution in [0.3, 0.4) is 0 Å². The predicted molar refractivity (Wildman–Crippen MR) is 117 cm³/mol. The molecule has 1 amide bonds. The zero-order valence-corrected chi connectivity index (χ0v) is 16.9. The number of nitrogens with zero attached hydrogens (tertiary/aromatic N) is 2. The normalized spacial score (nSPS) is 10.9. The minimum Gasteiger partial charge on any atom is -0.283 e. The van der Waals surface area contributed by atoms with Gasteiger partial charge in [-0.3, -0.25) is 9.69 Å². The molecule has 0 aliphatic heterocycles. The van der Waals surface area contributed by atoms with Crippen molar-refractivity contribution < 1.29 is 4.79 Å². The second-order valence-corrected chi connectivity index (χ2v) is 8.06. The first-order chi connectivity index (χ1) is 13.6. The lowest BCUT2D eigenvalue weighted by Gasteiger charge is -2.20. The second kappa shape index (κ2) is 7.95. The van der Waals surface area contributed by atoms with Gasteiger partial charge in [0.05, 0.1) is 23.2 Å². The first-order valence-electron chi connectivity index (χ1n) is 9.36. The van der Waals surface area contributed by atoms with Crippen LogP contribution in [0.1, 0.15) is 22.3 Å². The molecule has 4 aromatic rings. The van der Waals surface area contributed by atoms with Gasteiger partial charge in [0.25, 0.3) is 0 Å². The number of aromatic nitrogens is 1. The number of para-hydroxylation sites is 1. The molecule has 28 heavy (non-hydrogen) atoms. The highest BCUT2D eigenvalue weighted by Crippen LogP contribution is 2.31. The van der Waals surface area contributed by atoms with Gasteiger partial charge in [-0.1, -0.05) is 83.6 Å². The predicted octanol–water partition coefficient (Wildman–Crippen LogP) is 5.69. The van der Waals surface area contributed by atoms with Crippen molar-refractivity contribution in [3.63, 3.8) is 0 Å². The molecule has 1 heterocycles. The molecule has 0 atom stereocenters. The Morgan fingerprint density at radius 1 is 0.893 bits per heavy atom. The van der Waals surface area contributed by atoms with Crippen LogP contribution >= 0.6 is 11.3 Å². The Bertz CT molecular complexity index is 1100. The van der Waals surface area contributed by atoms with E-state index < -0.39 is 0 Å². The molecule has 0 unspecified atom stereocenters.